The van der Waals surface area contributed by atoms with Crippen molar-refractivity contribution in [3.63, 3.8) is 0 Å². The first-order valence-electron chi connectivity index (χ1n) is 9.74. The van der Waals surface area contributed by atoms with Crippen LogP contribution in [0.4, 0.5) is 17.6 Å². The molecule has 2 aromatic rings. The lowest BCUT2D eigenvalue weighted by Gasteiger charge is -2.26. The number of ether oxygens (including phenoxy) is 1. The number of aryl methyl sites for hydroxylation is 3. The fraction of sp³-hybridized carbons (Fsp3) is 0.391. The Morgan fingerprint density at radius 2 is 1.57 bits per heavy atom. The van der Waals surface area contributed by atoms with E-state index in [4.69, 9.17) is 4.74 Å². The highest BCUT2D eigenvalue weighted by Crippen LogP contribution is 2.42. The molecule has 2 aliphatic rings. The summed E-state index contributed by atoms with van der Waals surface area (Å²) >= 11 is 0. The smallest absolute Gasteiger partial charge is 0.170 e. The van der Waals surface area contributed by atoms with Crippen molar-refractivity contribution in [1.29, 1.82) is 0 Å². The van der Waals surface area contributed by atoms with Crippen LogP contribution in [-0.4, -0.2) is 6.61 Å². The van der Waals surface area contributed by atoms with Gasteiger partial charge in [0, 0.05) is 11.1 Å². The molecule has 2 aromatic carbocycles. The number of rotatable bonds is 3. The first-order chi connectivity index (χ1) is 13.4. The number of hydrogen-bond donors (Lipinski definition) is 0. The summed E-state index contributed by atoms with van der Waals surface area (Å²) < 4.78 is 64.4. The summed E-state index contributed by atoms with van der Waals surface area (Å²) in [4.78, 5) is 0. The Balaban J connectivity index is 1.81. The second kappa shape index (κ2) is 7.26. The van der Waals surface area contributed by atoms with Gasteiger partial charge in [-0.15, -0.1) is 0 Å². The third kappa shape index (κ3) is 3.01. The van der Waals surface area contributed by atoms with Crippen LogP contribution in [0.2, 0.25) is 0 Å². The highest BCUT2D eigenvalue weighted by Gasteiger charge is 2.31. The number of hydrogen-bond acceptors (Lipinski definition) is 1. The Morgan fingerprint density at radius 3 is 2.18 bits per heavy atom. The third-order valence-corrected chi connectivity index (χ3v) is 5.75. The van der Waals surface area contributed by atoms with E-state index in [1.165, 1.54) is 19.1 Å². The van der Waals surface area contributed by atoms with Gasteiger partial charge in [0.25, 0.3) is 0 Å². The maximum Gasteiger partial charge on any atom is 0.170 e. The molecule has 0 bridgehead atoms. The van der Waals surface area contributed by atoms with Gasteiger partial charge in [-0.2, -0.15) is 0 Å². The Morgan fingerprint density at radius 1 is 0.929 bits per heavy atom. The Kier molecular flexibility index (Phi) is 4.94. The van der Waals surface area contributed by atoms with E-state index in [1.54, 1.807) is 6.08 Å². The molecule has 0 spiro atoms. The second-order valence-corrected chi connectivity index (χ2v) is 7.71. The van der Waals surface area contributed by atoms with Crippen LogP contribution in [0.25, 0.3) is 16.9 Å². The summed E-state index contributed by atoms with van der Waals surface area (Å²) in [5, 5.41) is 0. The van der Waals surface area contributed by atoms with E-state index in [9.17, 15) is 13.2 Å². The largest absolute Gasteiger partial charge is 0.493 e. The molecule has 1 aliphatic heterocycles. The first kappa shape index (κ1) is 19.0. The summed E-state index contributed by atoms with van der Waals surface area (Å²) in [5.74, 6) is -3.64. The minimum Gasteiger partial charge on any atom is -0.493 e. The molecule has 0 aromatic heterocycles. The maximum absolute atomic E-state index is 15.0. The van der Waals surface area contributed by atoms with Gasteiger partial charge in [-0.3, -0.25) is 0 Å². The van der Waals surface area contributed by atoms with Crippen LogP contribution in [0.1, 0.15) is 48.4 Å². The Bertz CT molecular complexity index is 978. The lowest BCUT2D eigenvalue weighted by Crippen LogP contribution is -2.16. The first-order valence-corrected chi connectivity index (χ1v) is 9.74. The molecular weight excluding hydrogens is 368 g/mol. The van der Waals surface area contributed by atoms with Crippen molar-refractivity contribution in [3.8, 4) is 11.1 Å². The fourth-order valence-electron chi connectivity index (χ4n) is 4.29. The zero-order valence-electron chi connectivity index (χ0n) is 16.0. The molecule has 28 heavy (non-hydrogen) atoms. The summed E-state index contributed by atoms with van der Waals surface area (Å²) in [6, 6.07) is 3.04. The topological polar surface area (TPSA) is 9.23 Å². The Labute approximate surface area is 162 Å². The number of benzene rings is 2. The van der Waals surface area contributed by atoms with Crippen molar-refractivity contribution < 1.29 is 22.3 Å². The molecule has 0 amide bonds. The van der Waals surface area contributed by atoms with Crippen molar-refractivity contribution in [2.24, 2.45) is 5.92 Å². The zero-order chi connectivity index (χ0) is 20.0. The van der Waals surface area contributed by atoms with Gasteiger partial charge < -0.3 is 4.74 Å². The normalized spacial score (nSPS) is 18.2. The molecule has 1 nitrogen and oxygen atoms in total. The van der Waals surface area contributed by atoms with Crippen molar-refractivity contribution in [1.82, 2.24) is 0 Å². The van der Waals surface area contributed by atoms with Gasteiger partial charge in [-0.05, 0) is 67.4 Å². The van der Waals surface area contributed by atoms with Gasteiger partial charge in [-0.25, -0.2) is 17.6 Å². The molecule has 148 valence electrons. The number of allylic oxidation sites excluding steroid dienone is 1. The van der Waals surface area contributed by atoms with Gasteiger partial charge in [0.1, 0.15) is 5.76 Å². The predicted molar refractivity (Wildman–Crippen MR) is 101 cm³/mol. The quantitative estimate of drug-likeness (QED) is 0.544. The average Bonchev–Trinajstić information content (AvgIpc) is 2.69. The van der Waals surface area contributed by atoms with Gasteiger partial charge in [0.15, 0.2) is 23.3 Å². The number of halogens is 4. The third-order valence-electron chi connectivity index (χ3n) is 5.75. The van der Waals surface area contributed by atoms with Crippen LogP contribution in [0.5, 0.6) is 0 Å². The van der Waals surface area contributed by atoms with Gasteiger partial charge in [0.05, 0.1) is 12.2 Å². The summed E-state index contributed by atoms with van der Waals surface area (Å²) in [6.07, 6.45) is 5.50. The van der Waals surface area contributed by atoms with Crippen molar-refractivity contribution in [2.45, 2.75) is 46.0 Å². The van der Waals surface area contributed by atoms with E-state index in [-0.39, 0.29) is 22.3 Å². The minimum atomic E-state index is -1.14. The fourth-order valence-corrected chi connectivity index (χ4v) is 4.29. The van der Waals surface area contributed by atoms with E-state index in [0.717, 1.165) is 19.3 Å². The van der Waals surface area contributed by atoms with Crippen molar-refractivity contribution in [2.75, 3.05) is 6.61 Å². The van der Waals surface area contributed by atoms with Gasteiger partial charge >= 0.3 is 0 Å². The summed E-state index contributed by atoms with van der Waals surface area (Å²) in [6.45, 7) is 4.03. The molecule has 0 N–H and O–H groups in total. The van der Waals surface area contributed by atoms with E-state index in [1.807, 2.05) is 0 Å². The monoisotopic (exact) mass is 390 g/mol. The molecule has 1 heterocycles. The second-order valence-electron chi connectivity index (χ2n) is 7.71. The van der Waals surface area contributed by atoms with Gasteiger partial charge in [-0.1, -0.05) is 19.4 Å². The average molecular weight is 390 g/mol. The molecule has 1 aliphatic carbocycles. The highest BCUT2D eigenvalue weighted by atomic mass is 19.2. The molecule has 1 atom stereocenters. The molecule has 1 unspecified atom stereocenters. The van der Waals surface area contributed by atoms with Gasteiger partial charge in [0.2, 0.25) is 0 Å². The molecule has 0 fully saturated rings. The van der Waals surface area contributed by atoms with Crippen LogP contribution >= 0.6 is 0 Å². The lowest BCUT2D eigenvalue weighted by molar-refractivity contribution is 0.192. The standard InChI is InChI=1S/C23H22F4O/c1-3-4-13-5-8-17(28-11-13)16-10-15-7-6-14-9-12(2)20(24)22(26)18(14)19(15)23(27)21(16)25/h8-10,13H,3-7,11H2,1-2H3. The molecule has 0 radical (unpaired) electrons. The van der Waals surface area contributed by atoms with E-state index in [2.05, 4.69) is 6.92 Å². The minimum absolute atomic E-state index is 0.0580. The molecule has 0 saturated carbocycles. The summed E-state index contributed by atoms with van der Waals surface area (Å²) in [5.41, 5.74) is 0.879. The zero-order valence-corrected chi connectivity index (χ0v) is 16.0. The lowest BCUT2D eigenvalue weighted by atomic mass is 9.82. The molecule has 0 saturated heterocycles. The van der Waals surface area contributed by atoms with E-state index < -0.39 is 23.3 Å². The Hall–Kier alpha value is -2.30. The maximum atomic E-state index is 15.0. The van der Waals surface area contributed by atoms with E-state index in [0.29, 0.717) is 42.3 Å². The summed E-state index contributed by atoms with van der Waals surface area (Å²) in [7, 11) is 0. The van der Waals surface area contributed by atoms with Crippen LogP contribution in [0.3, 0.4) is 0 Å². The molecule has 4 rings (SSSR count). The predicted octanol–water partition coefficient (Wildman–Crippen LogP) is 6.49. The van der Waals surface area contributed by atoms with Crippen molar-refractivity contribution >= 4 is 5.76 Å². The van der Waals surface area contributed by atoms with Crippen molar-refractivity contribution in [3.05, 3.63) is 63.7 Å². The molecular formula is C23H22F4O. The molecule has 5 heteroatoms. The van der Waals surface area contributed by atoms with Crippen LogP contribution in [-0.2, 0) is 17.6 Å². The van der Waals surface area contributed by atoms with Crippen LogP contribution in [0.15, 0.2) is 18.2 Å². The number of fused-ring (bicyclic) bond motifs is 3. The van der Waals surface area contributed by atoms with Crippen LogP contribution in [0, 0.1) is 36.1 Å². The SMILES string of the molecule is CCCC1CC=C(c2cc3c(c(F)c2F)-c2c(cc(C)c(F)c2F)CC3)OC1. The van der Waals surface area contributed by atoms with E-state index >= 15 is 4.39 Å². The highest BCUT2D eigenvalue weighted by molar-refractivity contribution is 5.77. The van der Waals surface area contributed by atoms with Crippen LogP contribution < -0.4 is 0 Å².